The molecule has 1 aliphatic carbocycles. The molecule has 0 aromatic carbocycles. The van der Waals surface area contributed by atoms with Crippen LogP contribution in [-0.2, 0) is 10.2 Å². The van der Waals surface area contributed by atoms with Gasteiger partial charge in [-0.15, -0.1) is 12.4 Å². The number of piperidine rings is 1. The Hall–Kier alpha value is 0.120. The van der Waals surface area contributed by atoms with Gasteiger partial charge in [0, 0.05) is 25.7 Å². The lowest BCUT2D eigenvalue weighted by atomic mass is 9.78. The summed E-state index contributed by atoms with van der Waals surface area (Å²) in [7, 11) is -1.65. The van der Waals surface area contributed by atoms with Gasteiger partial charge in [0.05, 0.1) is 0 Å². The van der Waals surface area contributed by atoms with Crippen molar-refractivity contribution in [3.05, 3.63) is 0 Å². The maximum atomic E-state index is 12.5. The van der Waals surface area contributed by atoms with E-state index in [1.54, 1.807) is 11.4 Å². The monoisotopic (exact) mass is 353 g/mol. The Morgan fingerprint density at radius 3 is 2.41 bits per heavy atom. The van der Waals surface area contributed by atoms with Gasteiger partial charge in [-0.2, -0.15) is 12.7 Å². The van der Waals surface area contributed by atoms with Crippen molar-refractivity contribution in [3.63, 3.8) is 0 Å². The quantitative estimate of drug-likeness (QED) is 0.797. The zero-order chi connectivity index (χ0) is 15.5. The summed E-state index contributed by atoms with van der Waals surface area (Å²) in [6.07, 6.45) is 7.81. The fourth-order valence-electron chi connectivity index (χ4n) is 3.55. The molecule has 132 valence electrons. The second kappa shape index (κ2) is 8.29. The van der Waals surface area contributed by atoms with Gasteiger partial charge in [0.15, 0.2) is 0 Å². The molecule has 7 heteroatoms. The van der Waals surface area contributed by atoms with Crippen molar-refractivity contribution in [2.75, 3.05) is 20.1 Å². The highest BCUT2D eigenvalue weighted by Gasteiger charge is 2.34. The minimum Gasteiger partial charge on any atom is -0.312 e. The van der Waals surface area contributed by atoms with Gasteiger partial charge in [-0.1, -0.05) is 33.1 Å². The molecule has 0 aromatic rings. The van der Waals surface area contributed by atoms with Gasteiger partial charge < -0.3 is 5.32 Å². The summed E-state index contributed by atoms with van der Waals surface area (Å²) >= 11 is 0. The van der Waals surface area contributed by atoms with Crippen LogP contribution in [0.2, 0.25) is 0 Å². The number of nitrogens with zero attached hydrogens (tertiary/aromatic N) is 1. The van der Waals surface area contributed by atoms with Crippen LogP contribution in [0.3, 0.4) is 0 Å². The van der Waals surface area contributed by atoms with Crippen LogP contribution in [0.4, 0.5) is 0 Å². The van der Waals surface area contributed by atoms with E-state index in [0.717, 1.165) is 45.1 Å². The standard InChI is InChI=1S/C15H31N3O2S.ClH/c1-15(2)10-7-11-16-14(15)12-17-21(19,20)18(3)13-8-5-4-6-9-13;/h13-14,16-17H,4-12H2,1-3H3;1H. The maximum absolute atomic E-state index is 12.5. The molecule has 1 heterocycles. The lowest BCUT2D eigenvalue weighted by molar-refractivity contribution is 0.180. The van der Waals surface area contributed by atoms with Gasteiger partial charge in [-0.05, 0) is 37.6 Å². The van der Waals surface area contributed by atoms with Crippen LogP contribution >= 0.6 is 12.4 Å². The summed E-state index contributed by atoms with van der Waals surface area (Å²) in [5.41, 5.74) is 0.143. The molecule has 1 saturated heterocycles. The number of hydrogen-bond acceptors (Lipinski definition) is 3. The topological polar surface area (TPSA) is 61.4 Å². The van der Waals surface area contributed by atoms with Gasteiger partial charge in [0.2, 0.25) is 0 Å². The van der Waals surface area contributed by atoms with E-state index in [9.17, 15) is 8.42 Å². The number of nitrogens with one attached hydrogen (secondary N) is 2. The molecular weight excluding hydrogens is 322 g/mol. The van der Waals surface area contributed by atoms with Gasteiger partial charge in [-0.25, -0.2) is 4.72 Å². The van der Waals surface area contributed by atoms with E-state index < -0.39 is 10.2 Å². The van der Waals surface area contributed by atoms with Crippen LogP contribution in [0, 0.1) is 5.41 Å². The molecule has 1 atom stereocenters. The fourth-order valence-corrected chi connectivity index (χ4v) is 4.73. The van der Waals surface area contributed by atoms with Crippen molar-refractivity contribution in [1.29, 1.82) is 0 Å². The third-order valence-electron chi connectivity index (χ3n) is 5.27. The first-order valence-corrected chi connectivity index (χ1v) is 9.73. The van der Waals surface area contributed by atoms with Crippen LogP contribution in [-0.4, -0.2) is 44.9 Å². The zero-order valence-corrected chi connectivity index (χ0v) is 15.7. The van der Waals surface area contributed by atoms with Crippen molar-refractivity contribution < 1.29 is 8.42 Å². The van der Waals surface area contributed by atoms with Gasteiger partial charge in [0.25, 0.3) is 10.2 Å². The second-order valence-corrected chi connectivity index (χ2v) is 9.08. The molecule has 0 bridgehead atoms. The largest absolute Gasteiger partial charge is 0.312 e. The Balaban J connectivity index is 0.00000242. The summed E-state index contributed by atoms with van der Waals surface area (Å²) in [5, 5.41) is 3.45. The highest BCUT2D eigenvalue weighted by molar-refractivity contribution is 7.87. The first-order chi connectivity index (χ1) is 9.83. The van der Waals surface area contributed by atoms with Crippen LogP contribution in [0.1, 0.15) is 58.8 Å². The van der Waals surface area contributed by atoms with E-state index in [4.69, 9.17) is 0 Å². The van der Waals surface area contributed by atoms with Gasteiger partial charge in [0.1, 0.15) is 0 Å². The smallest absolute Gasteiger partial charge is 0.279 e. The Labute approximate surface area is 142 Å². The summed E-state index contributed by atoms with van der Waals surface area (Å²) in [6, 6.07) is 0.379. The molecule has 2 fully saturated rings. The first-order valence-electron chi connectivity index (χ1n) is 8.29. The SMILES string of the molecule is CN(C1CCCCC1)S(=O)(=O)NCC1NCCCC1(C)C.Cl. The van der Waals surface area contributed by atoms with E-state index >= 15 is 0 Å². The minimum absolute atomic E-state index is 0. The van der Waals surface area contributed by atoms with Crippen molar-refractivity contribution in [1.82, 2.24) is 14.3 Å². The van der Waals surface area contributed by atoms with Crippen LogP contribution in [0.5, 0.6) is 0 Å². The average Bonchev–Trinajstić information content (AvgIpc) is 2.46. The van der Waals surface area contributed by atoms with Crippen molar-refractivity contribution >= 4 is 22.6 Å². The van der Waals surface area contributed by atoms with Gasteiger partial charge >= 0.3 is 0 Å². The predicted octanol–water partition coefficient (Wildman–Crippen LogP) is 2.29. The Morgan fingerprint density at radius 1 is 1.18 bits per heavy atom. The zero-order valence-electron chi connectivity index (χ0n) is 14.1. The number of halogens is 1. The Kier molecular flexibility index (Phi) is 7.60. The van der Waals surface area contributed by atoms with Crippen LogP contribution in [0.25, 0.3) is 0 Å². The van der Waals surface area contributed by atoms with Crippen molar-refractivity contribution in [2.45, 2.75) is 70.9 Å². The Morgan fingerprint density at radius 2 is 1.82 bits per heavy atom. The predicted molar refractivity (Wildman–Crippen MR) is 93.6 cm³/mol. The van der Waals surface area contributed by atoms with E-state index in [-0.39, 0.29) is 29.9 Å². The summed E-state index contributed by atoms with van der Waals surface area (Å²) in [6.45, 7) is 5.88. The molecule has 0 aromatic heterocycles. The Bertz CT molecular complexity index is 436. The van der Waals surface area contributed by atoms with Crippen molar-refractivity contribution in [3.8, 4) is 0 Å². The maximum Gasteiger partial charge on any atom is 0.279 e. The summed E-state index contributed by atoms with van der Waals surface area (Å²) in [5.74, 6) is 0. The highest BCUT2D eigenvalue weighted by atomic mass is 35.5. The van der Waals surface area contributed by atoms with E-state index in [2.05, 4.69) is 23.9 Å². The minimum atomic E-state index is -3.37. The highest BCUT2D eigenvalue weighted by Crippen LogP contribution is 2.30. The van der Waals surface area contributed by atoms with E-state index in [1.165, 1.54) is 6.42 Å². The number of hydrogen-bond donors (Lipinski definition) is 2. The molecule has 22 heavy (non-hydrogen) atoms. The van der Waals surface area contributed by atoms with E-state index in [1.807, 2.05) is 0 Å². The molecule has 1 unspecified atom stereocenters. The van der Waals surface area contributed by atoms with Gasteiger partial charge in [-0.3, -0.25) is 0 Å². The molecule has 2 N–H and O–H groups in total. The van der Waals surface area contributed by atoms with E-state index in [0.29, 0.717) is 6.54 Å². The van der Waals surface area contributed by atoms with Crippen molar-refractivity contribution in [2.24, 2.45) is 5.41 Å². The molecular formula is C15H32ClN3O2S. The molecule has 0 amide bonds. The third-order valence-corrected chi connectivity index (χ3v) is 6.86. The molecule has 0 radical (unpaired) electrons. The lowest BCUT2D eigenvalue weighted by Gasteiger charge is -2.40. The normalized spacial score (nSPS) is 26.6. The molecule has 2 rings (SSSR count). The lowest BCUT2D eigenvalue weighted by Crippen LogP contribution is -2.55. The average molecular weight is 354 g/mol. The summed E-state index contributed by atoms with van der Waals surface area (Å²) < 4.78 is 29.3. The third kappa shape index (κ3) is 5.06. The first kappa shape index (κ1) is 20.2. The molecule has 5 nitrogen and oxygen atoms in total. The molecule has 1 aliphatic heterocycles. The number of rotatable bonds is 5. The fraction of sp³-hybridized carbons (Fsp3) is 1.00. The van der Waals surface area contributed by atoms with Crippen LogP contribution < -0.4 is 10.0 Å². The van der Waals surface area contributed by atoms with Crippen LogP contribution in [0.15, 0.2) is 0 Å². The molecule has 1 saturated carbocycles. The second-order valence-electron chi connectivity index (χ2n) is 7.26. The molecule has 2 aliphatic rings. The summed E-state index contributed by atoms with van der Waals surface area (Å²) in [4.78, 5) is 0. The molecule has 0 spiro atoms.